The molecule has 24 heavy (non-hydrogen) atoms. The standard InChI is InChI=1S/C17H22N4O3/c1-12(20-17(23)8-9-18-13(2)22)14-10-19-21(11-14)15-4-6-16(24-3)7-5-15/h4-7,10-12H,8-9H2,1-3H3,(H,18,22)(H,20,23)/t12-/m0/s1. The number of methoxy groups -OCH3 is 1. The molecule has 7 heteroatoms. The minimum Gasteiger partial charge on any atom is -0.497 e. The fourth-order valence-electron chi connectivity index (χ4n) is 2.19. The molecule has 0 radical (unpaired) electrons. The number of nitrogens with zero attached hydrogens (tertiary/aromatic N) is 2. The maximum absolute atomic E-state index is 11.9. The number of hydrogen-bond donors (Lipinski definition) is 2. The highest BCUT2D eigenvalue weighted by Crippen LogP contribution is 2.17. The van der Waals surface area contributed by atoms with Gasteiger partial charge in [-0.2, -0.15) is 5.10 Å². The van der Waals surface area contributed by atoms with Crippen molar-refractivity contribution >= 4 is 11.8 Å². The summed E-state index contributed by atoms with van der Waals surface area (Å²) in [6.45, 7) is 3.65. The fourth-order valence-corrected chi connectivity index (χ4v) is 2.19. The predicted octanol–water partition coefficient (Wildman–Crippen LogP) is 1.58. The molecule has 1 heterocycles. The Morgan fingerprint density at radius 2 is 2.00 bits per heavy atom. The van der Waals surface area contributed by atoms with Crippen molar-refractivity contribution in [3.8, 4) is 11.4 Å². The molecule has 1 aromatic heterocycles. The Balaban J connectivity index is 1.93. The number of benzene rings is 1. The zero-order valence-electron chi connectivity index (χ0n) is 14.1. The van der Waals surface area contributed by atoms with E-state index in [-0.39, 0.29) is 24.3 Å². The lowest BCUT2D eigenvalue weighted by molar-refractivity contribution is -0.122. The van der Waals surface area contributed by atoms with Crippen LogP contribution in [0.25, 0.3) is 5.69 Å². The van der Waals surface area contributed by atoms with Gasteiger partial charge in [0.1, 0.15) is 5.75 Å². The van der Waals surface area contributed by atoms with Crippen molar-refractivity contribution in [3.63, 3.8) is 0 Å². The van der Waals surface area contributed by atoms with Crippen LogP contribution in [0.5, 0.6) is 5.75 Å². The van der Waals surface area contributed by atoms with Gasteiger partial charge >= 0.3 is 0 Å². The smallest absolute Gasteiger partial charge is 0.222 e. The second-order valence-corrected chi connectivity index (χ2v) is 5.44. The van der Waals surface area contributed by atoms with Crippen LogP contribution in [0.1, 0.15) is 31.9 Å². The number of carbonyl (C=O) groups excluding carboxylic acids is 2. The Bertz CT molecular complexity index is 694. The Morgan fingerprint density at radius 3 is 2.62 bits per heavy atom. The van der Waals surface area contributed by atoms with Gasteiger partial charge in [0.2, 0.25) is 11.8 Å². The van der Waals surface area contributed by atoms with Crippen LogP contribution in [0.15, 0.2) is 36.7 Å². The molecule has 2 amide bonds. The highest BCUT2D eigenvalue weighted by molar-refractivity contribution is 5.78. The maximum atomic E-state index is 11.9. The first-order chi connectivity index (χ1) is 11.5. The van der Waals surface area contributed by atoms with Crippen molar-refractivity contribution in [1.82, 2.24) is 20.4 Å². The molecule has 128 valence electrons. The number of aromatic nitrogens is 2. The molecule has 0 fully saturated rings. The number of carbonyl (C=O) groups is 2. The van der Waals surface area contributed by atoms with Gasteiger partial charge in [-0.1, -0.05) is 0 Å². The van der Waals surface area contributed by atoms with E-state index in [1.165, 1.54) is 6.92 Å². The summed E-state index contributed by atoms with van der Waals surface area (Å²) in [6.07, 6.45) is 3.85. The number of ether oxygens (including phenoxy) is 1. The van der Waals surface area contributed by atoms with E-state index in [1.807, 2.05) is 37.4 Å². The second kappa shape index (κ2) is 8.14. The van der Waals surface area contributed by atoms with Crippen LogP contribution in [0.4, 0.5) is 0 Å². The molecule has 0 spiro atoms. The summed E-state index contributed by atoms with van der Waals surface area (Å²) in [5.74, 6) is 0.524. The molecule has 0 aliphatic rings. The van der Waals surface area contributed by atoms with E-state index >= 15 is 0 Å². The van der Waals surface area contributed by atoms with Crippen LogP contribution in [-0.4, -0.2) is 35.2 Å². The third-order valence-corrected chi connectivity index (χ3v) is 3.54. The first kappa shape index (κ1) is 17.5. The zero-order chi connectivity index (χ0) is 17.5. The van der Waals surface area contributed by atoms with E-state index in [1.54, 1.807) is 18.0 Å². The Labute approximate surface area is 141 Å². The molecule has 0 unspecified atom stereocenters. The number of nitrogens with one attached hydrogen (secondary N) is 2. The summed E-state index contributed by atoms with van der Waals surface area (Å²) in [5.41, 5.74) is 1.81. The fraction of sp³-hybridized carbons (Fsp3) is 0.353. The van der Waals surface area contributed by atoms with Gasteiger partial charge in [-0.3, -0.25) is 9.59 Å². The minimum atomic E-state index is -0.165. The third kappa shape index (κ3) is 4.84. The van der Waals surface area contributed by atoms with Crippen molar-refractivity contribution in [2.45, 2.75) is 26.3 Å². The molecule has 2 aromatic rings. The molecule has 1 aromatic carbocycles. The van der Waals surface area contributed by atoms with Crippen molar-refractivity contribution in [2.75, 3.05) is 13.7 Å². The molecule has 0 bridgehead atoms. The van der Waals surface area contributed by atoms with Gasteiger partial charge in [-0.05, 0) is 31.2 Å². The van der Waals surface area contributed by atoms with Gasteiger partial charge in [0.25, 0.3) is 0 Å². The lowest BCUT2D eigenvalue weighted by Gasteiger charge is -2.12. The minimum absolute atomic E-state index is 0.117. The van der Waals surface area contributed by atoms with E-state index in [0.29, 0.717) is 6.54 Å². The first-order valence-corrected chi connectivity index (χ1v) is 7.72. The average Bonchev–Trinajstić information content (AvgIpc) is 3.04. The molecular weight excluding hydrogens is 308 g/mol. The molecular formula is C17H22N4O3. The van der Waals surface area contributed by atoms with Gasteiger partial charge in [-0.25, -0.2) is 4.68 Å². The Morgan fingerprint density at radius 1 is 1.29 bits per heavy atom. The number of amides is 2. The summed E-state index contributed by atoms with van der Waals surface area (Å²) in [6, 6.07) is 7.38. The van der Waals surface area contributed by atoms with Crippen molar-refractivity contribution in [1.29, 1.82) is 0 Å². The number of rotatable bonds is 7. The van der Waals surface area contributed by atoms with Crippen LogP contribution in [-0.2, 0) is 9.59 Å². The van der Waals surface area contributed by atoms with Crippen LogP contribution in [0, 0.1) is 0 Å². The van der Waals surface area contributed by atoms with Crippen LogP contribution >= 0.6 is 0 Å². The zero-order valence-corrected chi connectivity index (χ0v) is 14.1. The molecule has 7 nitrogen and oxygen atoms in total. The lowest BCUT2D eigenvalue weighted by atomic mass is 10.2. The van der Waals surface area contributed by atoms with Gasteiger partial charge in [0.05, 0.1) is 25.0 Å². The molecule has 2 rings (SSSR count). The average molecular weight is 330 g/mol. The summed E-state index contributed by atoms with van der Waals surface area (Å²) < 4.78 is 6.88. The van der Waals surface area contributed by atoms with E-state index in [0.717, 1.165) is 17.0 Å². The molecule has 0 aliphatic heterocycles. The van der Waals surface area contributed by atoms with Crippen molar-refractivity contribution in [2.24, 2.45) is 0 Å². The maximum Gasteiger partial charge on any atom is 0.222 e. The third-order valence-electron chi connectivity index (χ3n) is 3.54. The van der Waals surface area contributed by atoms with Crippen molar-refractivity contribution < 1.29 is 14.3 Å². The van der Waals surface area contributed by atoms with Gasteiger partial charge in [0.15, 0.2) is 0 Å². The summed E-state index contributed by atoms with van der Waals surface area (Å²) >= 11 is 0. The van der Waals surface area contributed by atoms with Gasteiger partial charge in [0, 0.05) is 31.6 Å². The van der Waals surface area contributed by atoms with E-state index in [4.69, 9.17) is 4.74 Å². The normalized spacial score (nSPS) is 11.6. The second-order valence-electron chi connectivity index (χ2n) is 5.44. The highest BCUT2D eigenvalue weighted by atomic mass is 16.5. The molecule has 2 N–H and O–H groups in total. The van der Waals surface area contributed by atoms with Gasteiger partial charge < -0.3 is 15.4 Å². The number of hydrogen-bond acceptors (Lipinski definition) is 4. The van der Waals surface area contributed by atoms with Gasteiger partial charge in [-0.15, -0.1) is 0 Å². The van der Waals surface area contributed by atoms with E-state index in [2.05, 4.69) is 15.7 Å². The molecule has 0 saturated heterocycles. The predicted molar refractivity (Wildman–Crippen MR) is 90.0 cm³/mol. The summed E-state index contributed by atoms with van der Waals surface area (Å²) in [4.78, 5) is 22.6. The largest absolute Gasteiger partial charge is 0.497 e. The molecule has 1 atom stereocenters. The van der Waals surface area contributed by atoms with E-state index < -0.39 is 0 Å². The quantitative estimate of drug-likeness (QED) is 0.807. The van der Waals surface area contributed by atoms with Crippen LogP contribution < -0.4 is 15.4 Å². The lowest BCUT2D eigenvalue weighted by Crippen LogP contribution is -2.31. The molecule has 0 aliphatic carbocycles. The Kier molecular flexibility index (Phi) is 5.95. The van der Waals surface area contributed by atoms with Crippen LogP contribution in [0.3, 0.4) is 0 Å². The van der Waals surface area contributed by atoms with Crippen LogP contribution in [0.2, 0.25) is 0 Å². The highest BCUT2D eigenvalue weighted by Gasteiger charge is 2.12. The van der Waals surface area contributed by atoms with Crippen molar-refractivity contribution in [3.05, 3.63) is 42.2 Å². The first-order valence-electron chi connectivity index (χ1n) is 7.72. The summed E-state index contributed by atoms with van der Waals surface area (Å²) in [5, 5.41) is 9.81. The molecule has 0 saturated carbocycles. The Hall–Kier alpha value is -2.83. The summed E-state index contributed by atoms with van der Waals surface area (Å²) in [7, 11) is 1.62. The van der Waals surface area contributed by atoms with E-state index in [9.17, 15) is 9.59 Å². The SMILES string of the molecule is COc1ccc(-n2cc([C@H](C)NC(=O)CCNC(C)=O)cn2)cc1. The monoisotopic (exact) mass is 330 g/mol. The topological polar surface area (TPSA) is 85.2 Å².